The molecule has 0 radical (unpaired) electrons. The minimum atomic E-state index is -4.80. The fourth-order valence-electron chi connectivity index (χ4n) is 3.91. The van der Waals surface area contributed by atoms with Gasteiger partial charge < -0.3 is 19.5 Å². The number of benzene rings is 1. The summed E-state index contributed by atoms with van der Waals surface area (Å²) >= 11 is 6.00. The van der Waals surface area contributed by atoms with Crippen molar-refractivity contribution in [2.45, 2.75) is 25.2 Å². The standard InChI is InChI=1S/C21H19ClF3N5O4/c1-28-16-10-12(22)11-26-17(16)30(19(32)18(28)31)14-6-8-29(9-7-14)20(33)27-13-2-4-15(5-3-13)34-21(23,24)25/h2-5,10-11,14H,6-9H2,1H3,(H,27,33). The maximum absolute atomic E-state index is 12.7. The average molecular weight is 498 g/mol. The number of fused-ring (bicyclic) bond motifs is 1. The van der Waals surface area contributed by atoms with E-state index in [2.05, 4.69) is 15.0 Å². The molecule has 1 saturated heterocycles. The number of pyridine rings is 1. The Kier molecular flexibility index (Phi) is 6.26. The highest BCUT2D eigenvalue weighted by molar-refractivity contribution is 6.31. The van der Waals surface area contributed by atoms with Crippen LogP contribution in [0.3, 0.4) is 0 Å². The van der Waals surface area contributed by atoms with Gasteiger partial charge >= 0.3 is 23.5 Å². The number of anilines is 1. The van der Waals surface area contributed by atoms with Crippen molar-refractivity contribution in [3.05, 3.63) is 62.3 Å². The number of aromatic nitrogens is 3. The predicted octanol–water partition coefficient (Wildman–Crippen LogP) is 3.52. The Morgan fingerprint density at radius 2 is 1.79 bits per heavy atom. The lowest BCUT2D eigenvalue weighted by molar-refractivity contribution is -0.274. The fraction of sp³-hybridized carbons (Fsp3) is 0.333. The summed E-state index contributed by atoms with van der Waals surface area (Å²) in [5.74, 6) is -0.395. The summed E-state index contributed by atoms with van der Waals surface area (Å²) < 4.78 is 43.2. The monoisotopic (exact) mass is 497 g/mol. The number of rotatable bonds is 3. The first kappa shape index (κ1) is 23.6. The van der Waals surface area contributed by atoms with Gasteiger partial charge in [0.05, 0.1) is 10.5 Å². The van der Waals surface area contributed by atoms with Crippen molar-refractivity contribution in [2.24, 2.45) is 7.05 Å². The van der Waals surface area contributed by atoms with Gasteiger partial charge in [-0.1, -0.05) is 11.6 Å². The fourth-order valence-corrected chi connectivity index (χ4v) is 4.07. The summed E-state index contributed by atoms with van der Waals surface area (Å²) in [5, 5.41) is 2.95. The molecule has 1 aliphatic heterocycles. The lowest BCUT2D eigenvalue weighted by atomic mass is 10.0. The van der Waals surface area contributed by atoms with Crippen LogP contribution in [-0.2, 0) is 7.05 Å². The first-order chi connectivity index (χ1) is 16.0. The lowest BCUT2D eigenvalue weighted by Gasteiger charge is -2.33. The summed E-state index contributed by atoms with van der Waals surface area (Å²) in [5.41, 5.74) is -0.337. The summed E-state index contributed by atoms with van der Waals surface area (Å²) in [6.07, 6.45) is -2.60. The Morgan fingerprint density at radius 3 is 2.41 bits per heavy atom. The molecule has 0 atom stereocenters. The third kappa shape index (κ3) is 4.86. The molecule has 4 rings (SSSR count). The molecule has 0 unspecified atom stereocenters. The zero-order valence-corrected chi connectivity index (χ0v) is 18.6. The van der Waals surface area contributed by atoms with Crippen LogP contribution in [-0.4, -0.2) is 44.5 Å². The van der Waals surface area contributed by atoms with Crippen molar-refractivity contribution in [1.82, 2.24) is 19.0 Å². The molecule has 0 spiro atoms. The zero-order valence-electron chi connectivity index (χ0n) is 17.8. The van der Waals surface area contributed by atoms with Crippen LogP contribution in [0.5, 0.6) is 5.75 Å². The summed E-state index contributed by atoms with van der Waals surface area (Å²) in [6, 6.07) is 5.58. The minimum absolute atomic E-state index is 0.294. The second-order valence-corrected chi connectivity index (χ2v) is 8.19. The van der Waals surface area contributed by atoms with E-state index >= 15 is 0 Å². The van der Waals surface area contributed by atoms with Gasteiger partial charge in [0, 0.05) is 38.1 Å². The number of ether oxygens (including phenoxy) is 1. The normalized spacial score (nSPS) is 14.9. The van der Waals surface area contributed by atoms with E-state index in [1.54, 1.807) is 6.07 Å². The Morgan fingerprint density at radius 1 is 1.15 bits per heavy atom. The van der Waals surface area contributed by atoms with Crippen molar-refractivity contribution in [3.63, 3.8) is 0 Å². The Labute approximate surface area is 195 Å². The predicted molar refractivity (Wildman–Crippen MR) is 118 cm³/mol. The van der Waals surface area contributed by atoms with Crippen LogP contribution in [0.1, 0.15) is 18.9 Å². The molecular formula is C21H19ClF3N5O4. The molecule has 9 nitrogen and oxygen atoms in total. The van der Waals surface area contributed by atoms with Crippen molar-refractivity contribution in [2.75, 3.05) is 18.4 Å². The lowest BCUT2D eigenvalue weighted by Crippen LogP contribution is -2.46. The number of alkyl halides is 3. The van der Waals surface area contributed by atoms with Crippen LogP contribution in [0.15, 0.2) is 46.1 Å². The van der Waals surface area contributed by atoms with Crippen LogP contribution < -0.4 is 21.2 Å². The third-order valence-electron chi connectivity index (χ3n) is 5.57. The van der Waals surface area contributed by atoms with E-state index in [0.29, 0.717) is 47.8 Å². The van der Waals surface area contributed by atoms with Crippen molar-refractivity contribution >= 4 is 34.5 Å². The number of likely N-dealkylation sites (tertiary alicyclic amines) is 1. The van der Waals surface area contributed by atoms with E-state index in [-0.39, 0.29) is 6.04 Å². The number of carbonyl (C=O) groups excluding carboxylic acids is 1. The Balaban J connectivity index is 1.46. The smallest absolute Gasteiger partial charge is 0.406 e. The van der Waals surface area contributed by atoms with Gasteiger partial charge in [-0.25, -0.2) is 9.78 Å². The molecule has 180 valence electrons. The van der Waals surface area contributed by atoms with Gasteiger partial charge in [0.25, 0.3) is 0 Å². The molecule has 13 heteroatoms. The van der Waals surface area contributed by atoms with Gasteiger partial charge in [-0.15, -0.1) is 13.2 Å². The highest BCUT2D eigenvalue weighted by Crippen LogP contribution is 2.26. The summed E-state index contributed by atoms with van der Waals surface area (Å²) in [7, 11) is 1.48. The van der Waals surface area contributed by atoms with Gasteiger partial charge in [0.2, 0.25) is 0 Å². The largest absolute Gasteiger partial charge is 0.573 e. The number of nitrogens with zero attached hydrogens (tertiary/aromatic N) is 4. The topological polar surface area (TPSA) is 98.5 Å². The molecule has 0 saturated carbocycles. The second-order valence-electron chi connectivity index (χ2n) is 7.76. The molecule has 3 heterocycles. The first-order valence-electron chi connectivity index (χ1n) is 10.2. The number of halogens is 4. The molecule has 1 aliphatic rings. The number of carbonyl (C=O) groups is 1. The minimum Gasteiger partial charge on any atom is -0.406 e. The van der Waals surface area contributed by atoms with Crippen LogP contribution in [0.25, 0.3) is 11.2 Å². The molecule has 2 amide bonds. The summed E-state index contributed by atoms with van der Waals surface area (Å²) in [6.45, 7) is 0.588. The van der Waals surface area contributed by atoms with E-state index < -0.39 is 29.3 Å². The van der Waals surface area contributed by atoms with Gasteiger partial charge in [0.15, 0.2) is 5.65 Å². The second kappa shape index (κ2) is 9.01. The third-order valence-corrected chi connectivity index (χ3v) is 5.77. The molecule has 1 N–H and O–H groups in total. The van der Waals surface area contributed by atoms with Crippen LogP contribution in [0.4, 0.5) is 23.7 Å². The molecule has 0 bridgehead atoms. The van der Waals surface area contributed by atoms with Gasteiger partial charge in [-0.2, -0.15) is 0 Å². The number of hydrogen-bond donors (Lipinski definition) is 1. The zero-order chi connectivity index (χ0) is 24.6. The van der Waals surface area contributed by atoms with Crippen molar-refractivity contribution in [3.8, 4) is 5.75 Å². The van der Waals surface area contributed by atoms with Crippen LogP contribution >= 0.6 is 11.6 Å². The number of amides is 2. The molecule has 2 aromatic heterocycles. The van der Waals surface area contributed by atoms with Gasteiger partial charge in [-0.3, -0.25) is 14.2 Å². The molecular weight excluding hydrogens is 479 g/mol. The Hall–Kier alpha value is -3.54. The van der Waals surface area contributed by atoms with Crippen LogP contribution in [0, 0.1) is 0 Å². The van der Waals surface area contributed by atoms with Crippen LogP contribution in [0.2, 0.25) is 5.02 Å². The Bertz CT molecular complexity index is 1350. The van der Waals surface area contributed by atoms with E-state index in [4.69, 9.17) is 11.6 Å². The number of hydrogen-bond acceptors (Lipinski definition) is 5. The molecule has 34 heavy (non-hydrogen) atoms. The van der Waals surface area contributed by atoms with E-state index in [0.717, 1.165) is 12.1 Å². The van der Waals surface area contributed by atoms with E-state index in [1.165, 1.54) is 39.4 Å². The molecule has 1 fully saturated rings. The van der Waals surface area contributed by atoms with E-state index in [9.17, 15) is 27.6 Å². The molecule has 1 aromatic carbocycles. The first-order valence-corrected chi connectivity index (χ1v) is 10.6. The summed E-state index contributed by atoms with van der Waals surface area (Å²) in [4.78, 5) is 43.6. The molecule has 3 aromatic rings. The average Bonchev–Trinajstić information content (AvgIpc) is 2.79. The highest BCUT2D eigenvalue weighted by atomic mass is 35.5. The number of urea groups is 1. The van der Waals surface area contributed by atoms with Gasteiger partial charge in [0.1, 0.15) is 5.75 Å². The number of piperidine rings is 1. The maximum Gasteiger partial charge on any atom is 0.573 e. The molecule has 0 aliphatic carbocycles. The SMILES string of the molecule is Cn1c(=O)c(=O)n(C2CCN(C(=O)Nc3ccc(OC(F)(F)F)cc3)CC2)c2ncc(Cl)cc21. The van der Waals surface area contributed by atoms with Gasteiger partial charge in [-0.05, 0) is 43.2 Å². The van der Waals surface area contributed by atoms with Crippen molar-refractivity contribution < 1.29 is 22.7 Å². The quantitative estimate of drug-likeness (QED) is 0.558. The number of nitrogens with one attached hydrogen (secondary N) is 1. The highest BCUT2D eigenvalue weighted by Gasteiger charge is 2.31. The number of aryl methyl sites for hydroxylation is 1. The van der Waals surface area contributed by atoms with Crippen molar-refractivity contribution in [1.29, 1.82) is 0 Å². The maximum atomic E-state index is 12.7. The van der Waals surface area contributed by atoms with E-state index in [1.807, 2.05) is 0 Å².